The molecule has 14 heteroatoms. The molecule has 0 amide bonds. The Morgan fingerprint density at radius 3 is 1.90 bits per heavy atom. The molecule has 1 heterocycles. The largest absolute Gasteiger partial charge is 0.573 e. The van der Waals surface area contributed by atoms with Crippen LogP contribution in [0, 0.1) is 41.9 Å². The van der Waals surface area contributed by atoms with Gasteiger partial charge in [0.15, 0.2) is 11.6 Å². The summed E-state index contributed by atoms with van der Waals surface area (Å²) >= 11 is 0. The van der Waals surface area contributed by atoms with E-state index >= 15 is 4.39 Å². The Morgan fingerprint density at radius 2 is 1.35 bits per heavy atom. The Kier molecular flexibility index (Phi) is 10.5. The average Bonchev–Trinajstić information content (AvgIpc) is 3.01. The van der Waals surface area contributed by atoms with Crippen LogP contribution in [0.5, 0.6) is 11.5 Å². The molecule has 1 saturated heterocycles. The molecule has 4 aromatic carbocycles. The number of alkyl halides is 5. The molecular weight excluding hydrogens is 674 g/mol. The third kappa shape index (κ3) is 8.30. The van der Waals surface area contributed by atoms with Gasteiger partial charge in [0.1, 0.15) is 28.8 Å². The van der Waals surface area contributed by atoms with Crippen molar-refractivity contribution < 1.29 is 62.9 Å². The first-order valence-corrected chi connectivity index (χ1v) is 15.0. The zero-order valence-electron chi connectivity index (χ0n) is 25.9. The minimum absolute atomic E-state index is 0.0857. The Balaban J connectivity index is 1.33. The standard InChI is InChI=1S/C35H28F10O4/c1-3-46-16-19-4-9-31(47-17-19)21-6-7-24(18(2)10-21)20-5-8-25(26(36)11-20)22-12-27(37)32(28(38)13-22)34(41,42)48-23-14-29(39)33(30(40)15-23)49-35(43,44)45/h5-8,10-15,19,31H,3-4,9,16-17H2,1-2H3. The van der Waals surface area contributed by atoms with Gasteiger partial charge in [0, 0.05) is 30.2 Å². The van der Waals surface area contributed by atoms with E-state index in [1.54, 1.807) is 6.07 Å². The second-order valence-corrected chi connectivity index (χ2v) is 11.4. The molecule has 0 N–H and O–H groups in total. The fourth-order valence-electron chi connectivity index (χ4n) is 5.63. The van der Waals surface area contributed by atoms with Crippen molar-refractivity contribution in [2.24, 2.45) is 5.92 Å². The van der Waals surface area contributed by atoms with Crippen molar-refractivity contribution in [3.8, 4) is 33.8 Å². The summed E-state index contributed by atoms with van der Waals surface area (Å²) in [6.07, 6.45) is -8.77. The zero-order chi connectivity index (χ0) is 35.7. The summed E-state index contributed by atoms with van der Waals surface area (Å²) in [5, 5.41) is 0. The van der Waals surface area contributed by atoms with Crippen molar-refractivity contribution in [1.82, 2.24) is 0 Å². The van der Waals surface area contributed by atoms with Gasteiger partial charge in [-0.3, -0.25) is 0 Å². The molecule has 0 aliphatic carbocycles. The lowest BCUT2D eigenvalue weighted by molar-refractivity contribution is -0.276. The molecule has 0 saturated carbocycles. The third-order valence-corrected chi connectivity index (χ3v) is 7.91. The predicted octanol–water partition coefficient (Wildman–Crippen LogP) is 10.6. The molecule has 1 aliphatic rings. The Labute approximate surface area is 274 Å². The number of rotatable bonds is 10. The van der Waals surface area contributed by atoms with Crippen molar-refractivity contribution in [2.45, 2.75) is 45.3 Å². The Morgan fingerprint density at radius 1 is 0.714 bits per heavy atom. The van der Waals surface area contributed by atoms with Crippen LogP contribution >= 0.6 is 0 Å². The summed E-state index contributed by atoms with van der Waals surface area (Å²) in [6.45, 7) is 5.63. The van der Waals surface area contributed by atoms with Gasteiger partial charge in [-0.25, -0.2) is 22.0 Å². The number of aryl methyl sites for hydroxylation is 1. The van der Waals surface area contributed by atoms with Gasteiger partial charge in [-0.2, -0.15) is 8.78 Å². The molecule has 2 atom stereocenters. The van der Waals surface area contributed by atoms with E-state index in [0.717, 1.165) is 30.0 Å². The minimum atomic E-state index is -5.51. The van der Waals surface area contributed by atoms with E-state index in [4.69, 9.17) is 9.47 Å². The van der Waals surface area contributed by atoms with Gasteiger partial charge in [-0.15, -0.1) is 13.2 Å². The summed E-state index contributed by atoms with van der Waals surface area (Å²) in [6, 6.07) is 10.1. The number of ether oxygens (including phenoxy) is 4. The van der Waals surface area contributed by atoms with Gasteiger partial charge in [0.2, 0.25) is 5.75 Å². The lowest BCUT2D eigenvalue weighted by Crippen LogP contribution is -2.25. The maximum atomic E-state index is 15.3. The van der Waals surface area contributed by atoms with Gasteiger partial charge in [0.05, 0.1) is 19.3 Å². The molecule has 4 nitrogen and oxygen atoms in total. The first-order valence-electron chi connectivity index (χ1n) is 15.0. The van der Waals surface area contributed by atoms with E-state index < -0.39 is 64.2 Å². The van der Waals surface area contributed by atoms with Crippen LogP contribution < -0.4 is 9.47 Å². The molecule has 1 aliphatic heterocycles. The molecule has 1 fully saturated rings. The van der Waals surface area contributed by atoms with Gasteiger partial charge in [-0.1, -0.05) is 30.3 Å². The van der Waals surface area contributed by atoms with Crippen molar-refractivity contribution in [1.29, 1.82) is 0 Å². The second kappa shape index (κ2) is 14.3. The van der Waals surface area contributed by atoms with Crippen molar-refractivity contribution in [3.05, 3.63) is 106 Å². The van der Waals surface area contributed by atoms with Gasteiger partial charge < -0.3 is 18.9 Å². The fourth-order valence-corrected chi connectivity index (χ4v) is 5.63. The zero-order valence-corrected chi connectivity index (χ0v) is 25.9. The predicted molar refractivity (Wildman–Crippen MR) is 157 cm³/mol. The molecule has 0 radical (unpaired) electrons. The minimum Gasteiger partial charge on any atom is -0.429 e. The van der Waals surface area contributed by atoms with Gasteiger partial charge in [-0.05, 0) is 72.7 Å². The molecule has 0 aromatic heterocycles. The van der Waals surface area contributed by atoms with Crippen LogP contribution in [0.1, 0.15) is 42.6 Å². The summed E-state index contributed by atoms with van der Waals surface area (Å²) in [5.74, 6) is -11.9. The summed E-state index contributed by atoms with van der Waals surface area (Å²) in [7, 11) is 0. The Bertz CT molecular complexity index is 1770. The van der Waals surface area contributed by atoms with Crippen LogP contribution in [0.4, 0.5) is 43.9 Å². The molecule has 2 unspecified atom stereocenters. The van der Waals surface area contributed by atoms with Gasteiger partial charge >= 0.3 is 12.5 Å². The lowest BCUT2D eigenvalue weighted by Gasteiger charge is -2.29. The highest BCUT2D eigenvalue weighted by Crippen LogP contribution is 2.40. The highest BCUT2D eigenvalue weighted by Gasteiger charge is 2.42. The molecule has 5 rings (SSSR count). The van der Waals surface area contributed by atoms with Crippen LogP contribution in [0.2, 0.25) is 0 Å². The van der Waals surface area contributed by atoms with Crippen molar-refractivity contribution in [3.63, 3.8) is 0 Å². The number of benzene rings is 4. The Hall–Kier alpha value is -4.30. The fraction of sp³-hybridized carbons (Fsp3) is 0.314. The summed E-state index contributed by atoms with van der Waals surface area (Å²) in [5.41, 5.74) is 0.122. The molecule has 262 valence electrons. The summed E-state index contributed by atoms with van der Waals surface area (Å²) in [4.78, 5) is 0. The monoisotopic (exact) mass is 702 g/mol. The van der Waals surface area contributed by atoms with E-state index in [1.807, 2.05) is 26.0 Å². The normalized spacial score (nSPS) is 16.9. The average molecular weight is 703 g/mol. The molecule has 0 spiro atoms. The van der Waals surface area contributed by atoms with Crippen LogP contribution in [0.25, 0.3) is 22.3 Å². The lowest BCUT2D eigenvalue weighted by atomic mass is 9.91. The molecule has 4 aromatic rings. The van der Waals surface area contributed by atoms with E-state index in [2.05, 4.69) is 9.47 Å². The van der Waals surface area contributed by atoms with E-state index in [9.17, 15) is 39.5 Å². The van der Waals surface area contributed by atoms with Crippen LogP contribution in [0.15, 0.2) is 60.7 Å². The quantitative estimate of drug-likeness (QED) is 0.154. The third-order valence-electron chi connectivity index (χ3n) is 7.91. The van der Waals surface area contributed by atoms with Crippen molar-refractivity contribution >= 4 is 0 Å². The highest BCUT2D eigenvalue weighted by atomic mass is 19.4. The van der Waals surface area contributed by atoms with Crippen LogP contribution in [0.3, 0.4) is 0 Å². The maximum Gasteiger partial charge on any atom is 0.573 e. The van der Waals surface area contributed by atoms with Crippen LogP contribution in [-0.2, 0) is 15.6 Å². The number of halogens is 10. The molecule has 0 bridgehead atoms. The molecule has 49 heavy (non-hydrogen) atoms. The van der Waals surface area contributed by atoms with E-state index in [1.165, 1.54) is 12.1 Å². The first kappa shape index (κ1) is 36.0. The van der Waals surface area contributed by atoms with E-state index in [-0.39, 0.29) is 23.8 Å². The SMILES string of the molecule is CCOCC1CCC(c2ccc(-c3ccc(-c4cc(F)c(C(F)(F)Oc5cc(F)c(OC(F)(F)F)c(F)c5)c(F)c4)c(F)c3)c(C)c2)OC1. The van der Waals surface area contributed by atoms with Gasteiger partial charge in [0.25, 0.3) is 0 Å². The smallest absolute Gasteiger partial charge is 0.429 e. The number of hydrogen-bond acceptors (Lipinski definition) is 4. The second-order valence-electron chi connectivity index (χ2n) is 11.4. The molecular formula is C35H28F10O4. The van der Waals surface area contributed by atoms with Crippen LogP contribution in [-0.4, -0.2) is 26.2 Å². The maximum absolute atomic E-state index is 15.3. The van der Waals surface area contributed by atoms with Crippen molar-refractivity contribution in [2.75, 3.05) is 19.8 Å². The van der Waals surface area contributed by atoms with E-state index in [0.29, 0.717) is 49.0 Å². The first-order chi connectivity index (χ1) is 23.1. The summed E-state index contributed by atoms with van der Waals surface area (Å²) < 4.78 is 159. The highest BCUT2D eigenvalue weighted by molar-refractivity contribution is 5.73. The number of hydrogen-bond donors (Lipinski definition) is 0. The topological polar surface area (TPSA) is 36.9 Å².